The SMILES string of the molecule is CCOc1c(C(=O)NS(=O)(=O)N2C3CCC2CC3)ccc(C(=O)O)c1F. The zero-order valence-electron chi connectivity index (χ0n) is 14.1. The predicted molar refractivity (Wildman–Crippen MR) is 88.8 cm³/mol. The molecule has 0 aliphatic carbocycles. The normalized spacial score (nSPS) is 22.4. The predicted octanol–water partition coefficient (Wildman–Crippen LogP) is 1.52. The second-order valence-corrected chi connectivity index (χ2v) is 7.85. The highest BCUT2D eigenvalue weighted by molar-refractivity contribution is 7.87. The van der Waals surface area contributed by atoms with E-state index in [1.807, 2.05) is 4.72 Å². The first-order chi connectivity index (χ1) is 12.3. The van der Waals surface area contributed by atoms with E-state index in [2.05, 4.69) is 0 Å². The summed E-state index contributed by atoms with van der Waals surface area (Å²) in [6.07, 6.45) is 3.02. The third kappa shape index (κ3) is 3.14. The fourth-order valence-corrected chi connectivity index (χ4v) is 5.32. The summed E-state index contributed by atoms with van der Waals surface area (Å²) in [5.74, 6) is -4.37. The molecule has 2 heterocycles. The van der Waals surface area contributed by atoms with E-state index < -0.39 is 39.2 Å². The Morgan fingerprint density at radius 1 is 1.23 bits per heavy atom. The van der Waals surface area contributed by atoms with Gasteiger partial charge in [-0.15, -0.1) is 0 Å². The summed E-state index contributed by atoms with van der Waals surface area (Å²) in [4.78, 5) is 23.5. The number of rotatable bonds is 6. The molecule has 10 heteroatoms. The first kappa shape index (κ1) is 18.6. The van der Waals surface area contributed by atoms with E-state index in [1.165, 1.54) is 11.2 Å². The van der Waals surface area contributed by atoms with Crippen molar-refractivity contribution in [3.05, 3.63) is 29.1 Å². The van der Waals surface area contributed by atoms with Gasteiger partial charge in [-0.05, 0) is 44.7 Å². The monoisotopic (exact) mass is 386 g/mol. The maximum Gasteiger partial charge on any atom is 0.338 e. The van der Waals surface area contributed by atoms with Gasteiger partial charge in [0.15, 0.2) is 11.6 Å². The molecular formula is C16H19FN2O6S. The Kier molecular flexibility index (Phi) is 4.89. The number of carboxylic acids is 1. The number of aromatic carboxylic acids is 1. The quantitative estimate of drug-likeness (QED) is 0.767. The van der Waals surface area contributed by atoms with Gasteiger partial charge in [-0.2, -0.15) is 12.7 Å². The first-order valence-electron chi connectivity index (χ1n) is 8.30. The smallest absolute Gasteiger partial charge is 0.338 e. The molecule has 0 unspecified atom stereocenters. The van der Waals surface area contributed by atoms with Crippen molar-refractivity contribution in [3.8, 4) is 5.75 Å². The maximum absolute atomic E-state index is 14.4. The molecule has 1 amide bonds. The van der Waals surface area contributed by atoms with Crippen LogP contribution in [0.2, 0.25) is 0 Å². The molecule has 2 saturated heterocycles. The van der Waals surface area contributed by atoms with Gasteiger partial charge < -0.3 is 9.84 Å². The van der Waals surface area contributed by atoms with E-state index in [9.17, 15) is 22.4 Å². The van der Waals surface area contributed by atoms with Gasteiger partial charge in [-0.1, -0.05) is 0 Å². The summed E-state index contributed by atoms with van der Waals surface area (Å²) in [7, 11) is -4.07. The van der Waals surface area contributed by atoms with E-state index in [-0.39, 0.29) is 24.3 Å². The fourth-order valence-electron chi connectivity index (χ4n) is 3.67. The molecule has 142 valence electrons. The number of benzene rings is 1. The number of nitrogens with zero attached hydrogens (tertiary/aromatic N) is 1. The molecule has 0 spiro atoms. The number of carbonyl (C=O) groups is 2. The van der Waals surface area contributed by atoms with Crippen molar-refractivity contribution < 1.29 is 32.2 Å². The lowest BCUT2D eigenvalue weighted by atomic mass is 10.0. The van der Waals surface area contributed by atoms with Crippen molar-refractivity contribution >= 4 is 22.1 Å². The van der Waals surface area contributed by atoms with E-state index in [0.717, 1.165) is 37.8 Å². The van der Waals surface area contributed by atoms with Crippen molar-refractivity contribution in [2.24, 2.45) is 0 Å². The van der Waals surface area contributed by atoms with Crippen molar-refractivity contribution in [2.75, 3.05) is 6.61 Å². The minimum Gasteiger partial charge on any atom is -0.490 e. The van der Waals surface area contributed by atoms with Crippen LogP contribution in [0.25, 0.3) is 0 Å². The molecule has 2 aliphatic heterocycles. The molecule has 2 bridgehead atoms. The van der Waals surface area contributed by atoms with Crippen molar-refractivity contribution in [3.63, 3.8) is 0 Å². The van der Waals surface area contributed by atoms with Crippen LogP contribution in [0, 0.1) is 5.82 Å². The number of hydrogen-bond acceptors (Lipinski definition) is 5. The zero-order valence-corrected chi connectivity index (χ0v) is 14.9. The lowest BCUT2D eigenvalue weighted by molar-refractivity contribution is 0.0689. The molecular weight excluding hydrogens is 367 g/mol. The van der Waals surface area contributed by atoms with Crippen LogP contribution in [-0.4, -0.2) is 48.4 Å². The van der Waals surface area contributed by atoms with Gasteiger partial charge in [0.2, 0.25) is 0 Å². The molecule has 2 aliphatic rings. The van der Waals surface area contributed by atoms with E-state index >= 15 is 0 Å². The Bertz CT molecular complexity index is 837. The average Bonchev–Trinajstić information content (AvgIpc) is 3.17. The third-order valence-electron chi connectivity index (χ3n) is 4.75. The summed E-state index contributed by atoms with van der Waals surface area (Å²) in [6.45, 7) is 1.51. The summed E-state index contributed by atoms with van der Waals surface area (Å²) < 4.78 is 47.8. The Labute approximate surface area is 150 Å². The number of hydrogen-bond donors (Lipinski definition) is 2. The number of carboxylic acid groups (broad SMARTS) is 1. The topological polar surface area (TPSA) is 113 Å². The molecule has 2 fully saturated rings. The molecule has 0 radical (unpaired) electrons. The van der Waals surface area contributed by atoms with E-state index in [0.29, 0.717) is 0 Å². The number of nitrogens with one attached hydrogen (secondary N) is 1. The van der Waals surface area contributed by atoms with Crippen LogP contribution in [0.4, 0.5) is 4.39 Å². The molecule has 0 saturated carbocycles. The van der Waals surface area contributed by atoms with E-state index in [1.54, 1.807) is 0 Å². The number of carbonyl (C=O) groups excluding carboxylic acids is 1. The summed E-state index contributed by atoms with van der Waals surface area (Å²) >= 11 is 0. The second kappa shape index (κ2) is 6.84. The van der Waals surface area contributed by atoms with E-state index in [4.69, 9.17) is 9.84 Å². The third-order valence-corrected chi connectivity index (χ3v) is 6.34. The molecule has 3 rings (SSSR count). The number of ether oxygens (including phenoxy) is 1. The summed E-state index contributed by atoms with van der Waals surface area (Å²) in [5, 5.41) is 8.98. The minimum absolute atomic E-state index is 0.0245. The Balaban J connectivity index is 1.90. The molecule has 1 aromatic carbocycles. The highest BCUT2D eigenvalue weighted by Gasteiger charge is 2.46. The largest absolute Gasteiger partial charge is 0.490 e. The zero-order chi connectivity index (χ0) is 19.1. The summed E-state index contributed by atoms with van der Waals surface area (Å²) in [6, 6.07) is 1.70. The highest BCUT2D eigenvalue weighted by atomic mass is 32.2. The van der Waals surface area contributed by atoms with Crippen molar-refractivity contribution in [1.29, 1.82) is 0 Å². The molecule has 0 aromatic heterocycles. The number of amides is 1. The lowest BCUT2D eigenvalue weighted by Gasteiger charge is -2.22. The van der Waals surface area contributed by atoms with Crippen molar-refractivity contribution in [2.45, 2.75) is 44.7 Å². The van der Waals surface area contributed by atoms with Crippen LogP contribution in [0.5, 0.6) is 5.75 Å². The van der Waals surface area contributed by atoms with Crippen LogP contribution in [-0.2, 0) is 10.2 Å². The summed E-state index contributed by atoms with van der Waals surface area (Å²) in [5.41, 5.74) is -1.03. The second-order valence-electron chi connectivity index (χ2n) is 6.27. The van der Waals surface area contributed by atoms with Gasteiger partial charge in [0.25, 0.3) is 5.91 Å². The maximum atomic E-state index is 14.4. The van der Waals surface area contributed by atoms with Gasteiger partial charge in [-0.3, -0.25) is 4.79 Å². The molecule has 2 N–H and O–H groups in total. The lowest BCUT2D eigenvalue weighted by Crippen LogP contribution is -2.45. The standard InChI is InChI=1S/C16H19FN2O6S/c1-2-25-14-12(8-7-11(13(14)17)16(21)22)15(20)18-26(23,24)19-9-3-4-10(19)6-5-9/h7-10H,2-6H2,1H3,(H,18,20)(H,21,22). The van der Waals surface area contributed by atoms with Crippen molar-refractivity contribution in [1.82, 2.24) is 9.03 Å². The Morgan fingerprint density at radius 2 is 1.77 bits per heavy atom. The van der Waals surface area contributed by atoms with Crippen LogP contribution in [0.1, 0.15) is 53.3 Å². The number of halogens is 1. The molecule has 8 nitrogen and oxygen atoms in total. The highest BCUT2D eigenvalue weighted by Crippen LogP contribution is 2.39. The Morgan fingerprint density at radius 3 is 2.27 bits per heavy atom. The number of fused-ring (bicyclic) bond motifs is 2. The van der Waals surface area contributed by atoms with Crippen LogP contribution in [0.3, 0.4) is 0 Å². The molecule has 1 aromatic rings. The fraction of sp³-hybridized carbons (Fsp3) is 0.500. The van der Waals surface area contributed by atoms with Gasteiger partial charge in [0, 0.05) is 12.1 Å². The van der Waals surface area contributed by atoms with Crippen LogP contribution < -0.4 is 9.46 Å². The van der Waals surface area contributed by atoms with Gasteiger partial charge in [-0.25, -0.2) is 13.9 Å². The van der Waals surface area contributed by atoms with Gasteiger partial charge in [0.05, 0.1) is 17.7 Å². The van der Waals surface area contributed by atoms with Gasteiger partial charge in [0.1, 0.15) is 0 Å². The van der Waals surface area contributed by atoms with Crippen LogP contribution in [0.15, 0.2) is 12.1 Å². The van der Waals surface area contributed by atoms with Crippen LogP contribution >= 0.6 is 0 Å². The Hall–Kier alpha value is -2.20. The molecule has 26 heavy (non-hydrogen) atoms. The average molecular weight is 386 g/mol. The minimum atomic E-state index is -4.07. The molecule has 0 atom stereocenters. The van der Waals surface area contributed by atoms with Gasteiger partial charge >= 0.3 is 16.2 Å². The first-order valence-corrected chi connectivity index (χ1v) is 9.74.